The third-order valence-electron chi connectivity index (χ3n) is 9.54. The van der Waals surface area contributed by atoms with Gasteiger partial charge in [-0.2, -0.15) is 23.4 Å². The highest BCUT2D eigenvalue weighted by atomic mass is 19.4. The van der Waals surface area contributed by atoms with Gasteiger partial charge in [0, 0.05) is 54.7 Å². The van der Waals surface area contributed by atoms with Crippen molar-refractivity contribution in [2.45, 2.75) is 63.1 Å². The van der Waals surface area contributed by atoms with Crippen LogP contribution in [-0.4, -0.2) is 71.4 Å². The fraction of sp³-hybridized carbons (Fsp3) is 0.654. The van der Waals surface area contributed by atoms with E-state index in [1.54, 1.807) is 0 Å². The Kier molecular flexibility index (Phi) is 4.48. The number of likely N-dealkylation sites (tertiary alicyclic amines) is 2. The fourth-order valence-corrected chi connectivity index (χ4v) is 7.55. The van der Waals surface area contributed by atoms with Crippen LogP contribution in [0.4, 0.5) is 18.0 Å². The summed E-state index contributed by atoms with van der Waals surface area (Å²) in [6.45, 7) is 3.23. The maximum atomic E-state index is 13.3. The normalized spacial score (nSPS) is 24.4. The zero-order valence-corrected chi connectivity index (χ0v) is 20.9. The predicted molar refractivity (Wildman–Crippen MR) is 128 cm³/mol. The molecule has 2 saturated heterocycles. The van der Waals surface area contributed by atoms with E-state index in [0.29, 0.717) is 24.3 Å². The van der Waals surface area contributed by atoms with Gasteiger partial charge in [-0.15, -0.1) is 0 Å². The number of fused-ring (bicyclic) bond motifs is 1. The Balaban J connectivity index is 0.810. The number of urea groups is 1. The summed E-state index contributed by atoms with van der Waals surface area (Å²) in [6.07, 6.45) is 7.31. The molecule has 0 N–H and O–H groups in total. The molecule has 5 fully saturated rings. The minimum absolute atomic E-state index is 0.149. The summed E-state index contributed by atoms with van der Waals surface area (Å²) in [7, 11) is 0. The van der Waals surface area contributed by atoms with Gasteiger partial charge in [0.1, 0.15) is 12.0 Å². The molecule has 5 heterocycles. The minimum Gasteiger partial charge on any atom is -0.323 e. The molecule has 2 spiro atoms. The van der Waals surface area contributed by atoms with Crippen molar-refractivity contribution in [3.63, 3.8) is 0 Å². The van der Waals surface area contributed by atoms with Gasteiger partial charge in [0.05, 0.1) is 12.2 Å². The van der Waals surface area contributed by atoms with Gasteiger partial charge in [-0.3, -0.25) is 0 Å². The Labute approximate surface area is 217 Å². The summed E-state index contributed by atoms with van der Waals surface area (Å²) in [5.74, 6) is 1.95. The number of carbonyl (C=O) groups excluding carboxylic acids is 1. The quantitative estimate of drug-likeness (QED) is 0.515. The summed E-state index contributed by atoms with van der Waals surface area (Å²) in [5.41, 5.74) is 0.651. The Morgan fingerprint density at radius 1 is 1.00 bits per heavy atom. The number of carbonyl (C=O) groups is 1. The van der Waals surface area contributed by atoms with E-state index < -0.39 is 11.9 Å². The third-order valence-corrected chi connectivity index (χ3v) is 9.54. The van der Waals surface area contributed by atoms with Gasteiger partial charge >= 0.3 is 12.2 Å². The van der Waals surface area contributed by atoms with Crippen molar-refractivity contribution in [2.75, 3.05) is 26.2 Å². The Morgan fingerprint density at radius 3 is 2.34 bits per heavy atom. The number of rotatable bonds is 4. The van der Waals surface area contributed by atoms with Crippen molar-refractivity contribution in [1.82, 2.24) is 39.2 Å². The van der Waals surface area contributed by atoms with Gasteiger partial charge in [0.2, 0.25) is 0 Å². The maximum Gasteiger partial charge on any atom is 0.433 e. The average Bonchev–Trinajstić information content (AvgIpc) is 3.36. The van der Waals surface area contributed by atoms with E-state index in [2.05, 4.69) is 20.2 Å². The van der Waals surface area contributed by atoms with Crippen LogP contribution < -0.4 is 0 Å². The fourth-order valence-electron chi connectivity index (χ4n) is 7.55. The van der Waals surface area contributed by atoms with Crippen LogP contribution in [0.2, 0.25) is 0 Å². The van der Waals surface area contributed by atoms with Gasteiger partial charge in [-0.25, -0.2) is 24.0 Å². The smallest absolute Gasteiger partial charge is 0.323 e. The molecule has 38 heavy (non-hydrogen) atoms. The van der Waals surface area contributed by atoms with Crippen molar-refractivity contribution in [2.24, 2.45) is 16.7 Å². The van der Waals surface area contributed by atoms with Crippen LogP contribution in [0.5, 0.6) is 0 Å². The van der Waals surface area contributed by atoms with Gasteiger partial charge in [0.15, 0.2) is 11.5 Å². The zero-order chi connectivity index (χ0) is 25.9. The first kappa shape index (κ1) is 22.8. The molecule has 3 aromatic heterocycles. The molecule has 0 radical (unpaired) electrons. The van der Waals surface area contributed by atoms with E-state index in [9.17, 15) is 18.0 Å². The highest BCUT2D eigenvalue weighted by molar-refractivity contribution is 5.77. The first-order valence-electron chi connectivity index (χ1n) is 13.5. The molecule has 2 amide bonds. The molecule has 3 aliphatic carbocycles. The largest absolute Gasteiger partial charge is 0.433 e. The standard InChI is InChI=1S/C26H29F3N8O/c27-26(28,29)20-3-4-30-22-18(10-32-37(20)22)5-16-6-24(7-16)11-34(12-24)23(38)35-13-25(14-35)8-19(9-25)36-15-31-21(33-36)17-1-2-17/h3-4,10,15-17,19H,1-2,5-9,11-14H2. The molecular weight excluding hydrogens is 497 g/mol. The van der Waals surface area contributed by atoms with Gasteiger partial charge < -0.3 is 9.80 Å². The Bertz CT molecular complexity index is 1410. The number of hydrogen-bond donors (Lipinski definition) is 0. The minimum atomic E-state index is -4.47. The van der Waals surface area contributed by atoms with Crippen LogP contribution in [0.1, 0.15) is 67.6 Å². The topological polar surface area (TPSA) is 84.5 Å². The SMILES string of the molecule is O=C(N1CC2(CC(Cc3cnn4c(C(F)(F)F)ccnc34)C2)C1)N1CC2(CC(n3cnc(C4CC4)n3)C2)C1. The van der Waals surface area contributed by atoms with Gasteiger partial charge in [0.25, 0.3) is 0 Å². The van der Waals surface area contributed by atoms with Crippen molar-refractivity contribution in [3.8, 4) is 0 Å². The van der Waals surface area contributed by atoms with Crippen LogP contribution in [0.3, 0.4) is 0 Å². The van der Waals surface area contributed by atoms with E-state index >= 15 is 0 Å². The lowest BCUT2D eigenvalue weighted by Gasteiger charge is -2.63. The van der Waals surface area contributed by atoms with Crippen molar-refractivity contribution >= 4 is 11.7 Å². The molecule has 0 bridgehead atoms. The van der Waals surface area contributed by atoms with Crippen LogP contribution >= 0.6 is 0 Å². The monoisotopic (exact) mass is 526 g/mol. The van der Waals surface area contributed by atoms with Crippen LogP contribution in [0.25, 0.3) is 5.65 Å². The second kappa shape index (κ2) is 7.47. The lowest BCUT2D eigenvalue weighted by molar-refractivity contribution is -0.142. The van der Waals surface area contributed by atoms with E-state index in [1.165, 1.54) is 25.2 Å². The summed E-state index contributed by atoms with van der Waals surface area (Å²) >= 11 is 0. The Hall–Kier alpha value is -3.18. The van der Waals surface area contributed by atoms with Crippen LogP contribution in [0.15, 0.2) is 24.8 Å². The number of aromatic nitrogens is 6. The van der Waals surface area contributed by atoms with E-state index in [-0.39, 0.29) is 22.5 Å². The molecule has 200 valence electrons. The van der Waals surface area contributed by atoms with Crippen LogP contribution in [0, 0.1) is 16.7 Å². The number of hydrogen-bond acceptors (Lipinski definition) is 5. The van der Waals surface area contributed by atoms with E-state index in [4.69, 9.17) is 0 Å². The second-order valence-electron chi connectivity index (χ2n) is 12.6. The van der Waals surface area contributed by atoms with E-state index in [0.717, 1.165) is 73.8 Å². The molecular formula is C26H29F3N8O. The number of amides is 2. The molecule has 5 aliphatic rings. The number of nitrogens with zero attached hydrogens (tertiary/aromatic N) is 8. The van der Waals surface area contributed by atoms with Gasteiger partial charge in [-0.05, 0) is 56.9 Å². The molecule has 0 aromatic carbocycles. The first-order valence-corrected chi connectivity index (χ1v) is 13.5. The second-order valence-corrected chi connectivity index (χ2v) is 12.6. The molecule has 12 heteroatoms. The highest BCUT2D eigenvalue weighted by Gasteiger charge is 2.58. The molecule has 8 rings (SSSR count). The maximum absolute atomic E-state index is 13.3. The highest BCUT2D eigenvalue weighted by Crippen LogP contribution is 2.56. The van der Waals surface area contributed by atoms with E-state index in [1.807, 2.05) is 20.8 Å². The lowest BCUT2D eigenvalue weighted by Crippen LogP contribution is -2.71. The molecule has 0 atom stereocenters. The van der Waals surface area contributed by atoms with Gasteiger partial charge in [-0.1, -0.05) is 0 Å². The molecule has 2 aliphatic heterocycles. The van der Waals surface area contributed by atoms with Crippen molar-refractivity contribution in [3.05, 3.63) is 41.9 Å². The Morgan fingerprint density at radius 2 is 1.68 bits per heavy atom. The predicted octanol–water partition coefficient (Wildman–Crippen LogP) is 3.93. The van der Waals surface area contributed by atoms with Crippen molar-refractivity contribution < 1.29 is 18.0 Å². The number of halogens is 3. The summed E-state index contributed by atoms with van der Waals surface area (Å²) in [6, 6.07) is 1.51. The first-order chi connectivity index (χ1) is 18.2. The summed E-state index contributed by atoms with van der Waals surface area (Å²) in [5, 5.41) is 8.64. The van der Waals surface area contributed by atoms with Crippen molar-refractivity contribution in [1.29, 1.82) is 0 Å². The number of alkyl halides is 3. The summed E-state index contributed by atoms with van der Waals surface area (Å²) in [4.78, 5) is 25.6. The average molecular weight is 527 g/mol. The zero-order valence-electron chi connectivity index (χ0n) is 20.9. The lowest BCUT2D eigenvalue weighted by atomic mass is 9.56. The third kappa shape index (κ3) is 3.47. The summed E-state index contributed by atoms with van der Waals surface area (Å²) < 4.78 is 42.7. The molecule has 9 nitrogen and oxygen atoms in total. The molecule has 3 saturated carbocycles. The van der Waals surface area contributed by atoms with Crippen LogP contribution in [-0.2, 0) is 12.6 Å². The molecule has 3 aromatic rings. The molecule has 0 unspecified atom stereocenters.